The zero-order chi connectivity index (χ0) is 4.99. The van der Waals surface area contributed by atoms with E-state index in [-0.39, 0.29) is 28.5 Å². The van der Waals surface area contributed by atoms with E-state index in [0.29, 0.717) is 0 Å². The van der Waals surface area contributed by atoms with Crippen molar-refractivity contribution in [3.8, 4) is 0 Å². The van der Waals surface area contributed by atoms with Gasteiger partial charge in [-0.05, 0) is 0 Å². The minimum absolute atomic E-state index is 0. The van der Waals surface area contributed by atoms with E-state index in [1.54, 1.807) is 0 Å². The molecule has 0 aliphatic rings. The first kappa shape index (κ1) is 15.9. The number of hydrogen-bond acceptors (Lipinski definition) is 0. The Morgan fingerprint density at radius 2 is 1.88 bits per heavy atom. The molecule has 0 aromatic heterocycles. The molecule has 0 N–H and O–H groups in total. The second kappa shape index (κ2) is 10.6. The summed E-state index contributed by atoms with van der Waals surface area (Å²) in [6.45, 7) is 6.53. The molecule has 8 heavy (non-hydrogen) atoms. The SMILES string of the molecule is C[CH-][C@H](C)CC.[CH3-].[W+2]. The molecule has 0 rings (SSSR count). The minimum Gasteiger partial charge on any atom is -0.358 e. The van der Waals surface area contributed by atoms with E-state index < -0.39 is 0 Å². The van der Waals surface area contributed by atoms with Crippen LogP contribution in [0.25, 0.3) is 0 Å². The van der Waals surface area contributed by atoms with Crippen LogP contribution in [0.5, 0.6) is 0 Å². The zero-order valence-corrected chi connectivity index (χ0v) is 9.20. The molecule has 0 saturated carbocycles. The first-order valence-electron chi connectivity index (χ1n) is 2.60. The average Bonchev–Trinajstić information content (AvgIpc) is 1.65. The second-order valence-electron chi connectivity index (χ2n) is 1.72. The van der Waals surface area contributed by atoms with E-state index in [4.69, 9.17) is 0 Å². The molecule has 0 nitrogen and oxygen atoms in total. The number of hydrogen-bond donors (Lipinski definition) is 0. The van der Waals surface area contributed by atoms with Crippen LogP contribution < -0.4 is 0 Å². The molecule has 0 aliphatic heterocycles. The summed E-state index contributed by atoms with van der Waals surface area (Å²) in [6, 6.07) is 0. The molecule has 0 bridgehead atoms. The maximum atomic E-state index is 2.22. The molecule has 0 aliphatic carbocycles. The molecule has 0 radical (unpaired) electrons. The molecular weight excluding hydrogens is 268 g/mol. The standard InChI is InChI=1S/C6H13.CH3.W/c1-4-6(3)5-2;;/h4,6H,5H2,1-3H3;1H3;/q2*-1;+2/t6-;;/m0../s1. The third kappa shape index (κ3) is 9.85. The van der Waals surface area contributed by atoms with Gasteiger partial charge in [0, 0.05) is 0 Å². The van der Waals surface area contributed by atoms with Gasteiger partial charge in [-0.3, -0.25) is 0 Å². The summed E-state index contributed by atoms with van der Waals surface area (Å²) in [5, 5.41) is 0. The molecule has 0 unspecified atom stereocenters. The average molecular weight is 284 g/mol. The summed E-state index contributed by atoms with van der Waals surface area (Å²) in [4.78, 5) is 0. The topological polar surface area (TPSA) is 0 Å². The van der Waals surface area contributed by atoms with Gasteiger partial charge in [-0.15, -0.1) is 0 Å². The Balaban J connectivity index is -0.000000125. The molecule has 0 amide bonds. The smallest absolute Gasteiger partial charge is 0.358 e. The van der Waals surface area contributed by atoms with Gasteiger partial charge in [-0.2, -0.15) is 12.8 Å². The third-order valence-corrected chi connectivity index (χ3v) is 1.21. The van der Waals surface area contributed by atoms with Gasteiger partial charge < -0.3 is 13.8 Å². The first-order chi connectivity index (χ1) is 2.81. The largest absolute Gasteiger partial charge is 2.00 e. The van der Waals surface area contributed by atoms with Gasteiger partial charge in [0.2, 0.25) is 0 Å². The fourth-order valence-electron chi connectivity index (χ4n) is 0.236. The van der Waals surface area contributed by atoms with E-state index in [2.05, 4.69) is 27.2 Å². The van der Waals surface area contributed by atoms with Crippen molar-refractivity contribution in [2.24, 2.45) is 5.92 Å². The van der Waals surface area contributed by atoms with E-state index in [1.165, 1.54) is 6.42 Å². The van der Waals surface area contributed by atoms with E-state index >= 15 is 0 Å². The normalized spacial score (nSPS) is 10.9. The van der Waals surface area contributed by atoms with Crippen LogP contribution in [0.15, 0.2) is 0 Å². The van der Waals surface area contributed by atoms with Crippen LogP contribution >= 0.6 is 0 Å². The Kier molecular flexibility index (Phi) is 21.1. The maximum Gasteiger partial charge on any atom is 2.00 e. The minimum atomic E-state index is 0. The van der Waals surface area contributed by atoms with Crippen molar-refractivity contribution < 1.29 is 21.1 Å². The van der Waals surface area contributed by atoms with Crippen molar-refractivity contribution >= 4 is 0 Å². The maximum absolute atomic E-state index is 2.22. The molecule has 0 saturated heterocycles. The molecule has 0 aromatic carbocycles. The van der Waals surface area contributed by atoms with Crippen LogP contribution in [0, 0.1) is 19.8 Å². The predicted molar refractivity (Wildman–Crippen MR) is 35.8 cm³/mol. The van der Waals surface area contributed by atoms with Crippen molar-refractivity contribution in [3.05, 3.63) is 13.8 Å². The van der Waals surface area contributed by atoms with Crippen LogP contribution in [0.2, 0.25) is 0 Å². The summed E-state index contributed by atoms with van der Waals surface area (Å²) in [5.74, 6) is 0.810. The second-order valence-corrected chi connectivity index (χ2v) is 1.72. The van der Waals surface area contributed by atoms with Crippen molar-refractivity contribution in [2.75, 3.05) is 0 Å². The van der Waals surface area contributed by atoms with Gasteiger partial charge in [0.25, 0.3) is 0 Å². The quantitative estimate of drug-likeness (QED) is 0.684. The Morgan fingerprint density at radius 3 is 1.88 bits per heavy atom. The van der Waals surface area contributed by atoms with Crippen molar-refractivity contribution in [2.45, 2.75) is 27.2 Å². The fraction of sp³-hybridized carbons (Fsp3) is 0.714. The molecule has 1 heteroatoms. The van der Waals surface area contributed by atoms with Crippen LogP contribution in [0.1, 0.15) is 27.2 Å². The first-order valence-corrected chi connectivity index (χ1v) is 2.60. The Bertz CT molecular complexity index is 23.6. The number of rotatable bonds is 2. The van der Waals surface area contributed by atoms with Crippen molar-refractivity contribution in [3.63, 3.8) is 0 Å². The molecule has 0 aromatic rings. The monoisotopic (exact) mass is 284 g/mol. The molecule has 50 valence electrons. The molecule has 0 heterocycles. The van der Waals surface area contributed by atoms with E-state index in [0.717, 1.165) is 5.92 Å². The Morgan fingerprint density at radius 1 is 1.50 bits per heavy atom. The summed E-state index contributed by atoms with van der Waals surface area (Å²) in [5.41, 5.74) is 0. The molecular formula is C7H16W. The summed E-state index contributed by atoms with van der Waals surface area (Å²) >= 11 is 0. The van der Waals surface area contributed by atoms with Crippen molar-refractivity contribution in [1.29, 1.82) is 0 Å². The van der Waals surface area contributed by atoms with Crippen LogP contribution in [0.4, 0.5) is 0 Å². The van der Waals surface area contributed by atoms with Crippen LogP contribution in [-0.4, -0.2) is 0 Å². The van der Waals surface area contributed by atoms with E-state index in [9.17, 15) is 0 Å². The van der Waals surface area contributed by atoms with Gasteiger partial charge in [0.15, 0.2) is 0 Å². The molecule has 0 fully saturated rings. The third-order valence-electron chi connectivity index (χ3n) is 1.21. The van der Waals surface area contributed by atoms with Crippen LogP contribution in [-0.2, 0) is 21.1 Å². The van der Waals surface area contributed by atoms with Crippen LogP contribution in [0.3, 0.4) is 0 Å². The van der Waals surface area contributed by atoms with Gasteiger partial charge in [0.05, 0.1) is 0 Å². The Labute approximate surface area is 68.3 Å². The van der Waals surface area contributed by atoms with Gasteiger partial charge in [-0.25, -0.2) is 0 Å². The fourth-order valence-corrected chi connectivity index (χ4v) is 0.236. The van der Waals surface area contributed by atoms with Gasteiger partial charge in [0.1, 0.15) is 0 Å². The van der Waals surface area contributed by atoms with E-state index in [1.807, 2.05) is 0 Å². The molecule has 1 atom stereocenters. The summed E-state index contributed by atoms with van der Waals surface area (Å²) in [7, 11) is 0. The summed E-state index contributed by atoms with van der Waals surface area (Å²) < 4.78 is 0. The van der Waals surface area contributed by atoms with Crippen molar-refractivity contribution in [1.82, 2.24) is 0 Å². The Hall–Kier alpha value is 0.688. The zero-order valence-electron chi connectivity index (χ0n) is 6.27. The predicted octanol–water partition coefficient (Wildman–Crippen LogP) is 2.70. The summed E-state index contributed by atoms with van der Waals surface area (Å²) in [6.07, 6.45) is 3.50. The van der Waals surface area contributed by atoms with Gasteiger partial charge in [-0.1, -0.05) is 20.3 Å². The molecule has 0 spiro atoms. The van der Waals surface area contributed by atoms with Gasteiger partial charge >= 0.3 is 21.1 Å².